The summed E-state index contributed by atoms with van der Waals surface area (Å²) in [4.78, 5) is 10.0. The number of aliphatic carboxylic acids is 1. The summed E-state index contributed by atoms with van der Waals surface area (Å²) in [7, 11) is 5.94. The molecule has 4 nitrogen and oxygen atoms in total. The number of carboxylic acid groups (broad SMARTS) is 1. The number of carbonyl (C=O) groups is 1. The van der Waals surface area contributed by atoms with Gasteiger partial charge in [0.15, 0.2) is 6.23 Å². The van der Waals surface area contributed by atoms with Gasteiger partial charge in [-0.1, -0.05) is 52.4 Å². The Morgan fingerprint density at radius 1 is 1.00 bits per heavy atom. The van der Waals surface area contributed by atoms with Crippen molar-refractivity contribution in [2.75, 3.05) is 21.1 Å². The lowest BCUT2D eigenvalue weighted by Crippen LogP contribution is -2.44. The van der Waals surface area contributed by atoms with Crippen LogP contribution >= 0.6 is 0 Å². The van der Waals surface area contributed by atoms with E-state index in [2.05, 4.69) is 6.92 Å². The van der Waals surface area contributed by atoms with Gasteiger partial charge in [-0.2, -0.15) is 0 Å². The molecule has 1 atom stereocenters. The fourth-order valence-corrected chi connectivity index (χ4v) is 1.77. The maximum absolute atomic E-state index is 10.0. The third-order valence-electron chi connectivity index (χ3n) is 3.24. The van der Waals surface area contributed by atoms with E-state index in [-0.39, 0.29) is 12.6 Å². The summed E-state index contributed by atoms with van der Waals surface area (Å²) in [5.41, 5.74) is 0. The highest BCUT2D eigenvalue weighted by molar-refractivity contribution is 5.63. The molecule has 0 aliphatic heterocycles. The largest absolute Gasteiger partial charge is 0.550 e. The van der Waals surface area contributed by atoms with E-state index < -0.39 is 5.97 Å². The number of hydrogen-bond acceptors (Lipinski definition) is 3. The van der Waals surface area contributed by atoms with Gasteiger partial charge in [-0.05, 0) is 12.8 Å². The third kappa shape index (κ3) is 17.4. The summed E-state index contributed by atoms with van der Waals surface area (Å²) < 4.78 is 0.635. The normalized spacial score (nSPS) is 12.5. The lowest BCUT2D eigenvalue weighted by molar-refractivity contribution is -0.918. The van der Waals surface area contributed by atoms with Crippen LogP contribution in [0.2, 0.25) is 0 Å². The molecule has 1 N–H and O–H groups in total. The molecule has 122 valence electrons. The molecular formula is C16H35NO3. The number of carbonyl (C=O) groups excluding carboxylic acids is 1. The van der Waals surface area contributed by atoms with Crippen molar-refractivity contribution < 1.29 is 19.5 Å². The predicted molar refractivity (Wildman–Crippen MR) is 81.9 cm³/mol. The molecule has 0 amide bonds. The van der Waals surface area contributed by atoms with Gasteiger partial charge in [-0.15, -0.1) is 0 Å². The number of hydrogen-bond donors (Lipinski definition) is 1. The lowest BCUT2D eigenvalue weighted by atomic mass is 10.1. The molecule has 0 spiro atoms. The fourth-order valence-electron chi connectivity index (χ4n) is 1.77. The van der Waals surface area contributed by atoms with E-state index in [4.69, 9.17) is 5.11 Å². The van der Waals surface area contributed by atoms with Crippen LogP contribution in [0.1, 0.15) is 71.6 Å². The summed E-state index contributed by atoms with van der Waals surface area (Å²) in [6, 6.07) is 0. The van der Waals surface area contributed by atoms with Crippen LogP contribution in [0, 0.1) is 0 Å². The fraction of sp³-hybridized carbons (Fsp3) is 0.938. The van der Waals surface area contributed by atoms with Crippen LogP contribution in [0.15, 0.2) is 0 Å². The number of aliphatic hydroxyl groups excluding tert-OH is 1. The molecule has 0 saturated heterocycles. The summed E-state index contributed by atoms with van der Waals surface area (Å²) in [5.74, 6) is -0.913. The Morgan fingerprint density at radius 3 is 1.75 bits per heavy atom. The Kier molecular flexibility index (Phi) is 14.5. The van der Waals surface area contributed by atoms with Crippen molar-refractivity contribution in [2.45, 2.75) is 77.9 Å². The predicted octanol–water partition coefficient (Wildman–Crippen LogP) is 2.30. The number of carboxylic acids is 1. The van der Waals surface area contributed by atoms with E-state index in [1.165, 1.54) is 32.1 Å². The van der Waals surface area contributed by atoms with Gasteiger partial charge >= 0.3 is 0 Å². The smallest absolute Gasteiger partial charge is 0.189 e. The van der Waals surface area contributed by atoms with Crippen LogP contribution in [0.25, 0.3) is 0 Å². The minimum absolute atomic E-state index is 0.213. The SMILES string of the molecule is CCC(O)[N+](C)(C)C.CCCCCCCCCC(=O)[O-]. The van der Waals surface area contributed by atoms with Gasteiger partial charge < -0.3 is 19.5 Å². The zero-order chi connectivity index (χ0) is 16.0. The zero-order valence-electron chi connectivity index (χ0n) is 14.2. The quantitative estimate of drug-likeness (QED) is 0.381. The Hall–Kier alpha value is -0.610. The minimum atomic E-state index is -0.913. The van der Waals surface area contributed by atoms with E-state index in [9.17, 15) is 9.90 Å². The van der Waals surface area contributed by atoms with Crippen molar-refractivity contribution in [2.24, 2.45) is 0 Å². The van der Waals surface area contributed by atoms with Crippen molar-refractivity contribution in [3.8, 4) is 0 Å². The first kappa shape index (κ1) is 21.7. The monoisotopic (exact) mass is 289 g/mol. The lowest BCUT2D eigenvalue weighted by Gasteiger charge is -2.28. The van der Waals surface area contributed by atoms with Crippen molar-refractivity contribution in [1.29, 1.82) is 0 Å². The Balaban J connectivity index is 0. The van der Waals surface area contributed by atoms with Crippen LogP contribution < -0.4 is 5.11 Å². The molecule has 0 aliphatic carbocycles. The molecule has 20 heavy (non-hydrogen) atoms. The third-order valence-corrected chi connectivity index (χ3v) is 3.24. The number of nitrogens with zero attached hydrogens (tertiary/aromatic N) is 1. The molecule has 0 bridgehead atoms. The van der Waals surface area contributed by atoms with Gasteiger partial charge in [-0.3, -0.25) is 0 Å². The number of unbranched alkanes of at least 4 members (excludes halogenated alkanes) is 6. The highest BCUT2D eigenvalue weighted by Crippen LogP contribution is 2.07. The average molecular weight is 289 g/mol. The molecule has 4 heteroatoms. The maximum atomic E-state index is 10.0. The van der Waals surface area contributed by atoms with Crippen LogP contribution in [-0.2, 0) is 4.79 Å². The molecule has 1 unspecified atom stereocenters. The molecule has 0 radical (unpaired) electrons. The van der Waals surface area contributed by atoms with Crippen molar-refractivity contribution in [1.82, 2.24) is 0 Å². The molecule has 0 heterocycles. The molecule has 0 aliphatic rings. The van der Waals surface area contributed by atoms with Crippen molar-refractivity contribution >= 4 is 5.97 Å². The average Bonchev–Trinajstić information content (AvgIpc) is 2.36. The molecule has 0 rings (SSSR count). The summed E-state index contributed by atoms with van der Waals surface area (Å²) in [6.07, 6.45) is 8.95. The first-order valence-corrected chi connectivity index (χ1v) is 7.94. The van der Waals surface area contributed by atoms with E-state index in [1.807, 2.05) is 28.1 Å². The molecule has 0 saturated carbocycles. The molecule has 0 fully saturated rings. The Bertz CT molecular complexity index is 224. The zero-order valence-corrected chi connectivity index (χ0v) is 14.2. The van der Waals surface area contributed by atoms with E-state index in [0.717, 1.165) is 19.3 Å². The second-order valence-electron chi connectivity index (χ2n) is 6.25. The van der Waals surface area contributed by atoms with E-state index in [1.54, 1.807) is 0 Å². The topological polar surface area (TPSA) is 60.4 Å². The second-order valence-corrected chi connectivity index (χ2v) is 6.25. The second kappa shape index (κ2) is 13.4. The summed E-state index contributed by atoms with van der Waals surface area (Å²) >= 11 is 0. The first-order chi connectivity index (χ1) is 9.25. The summed E-state index contributed by atoms with van der Waals surface area (Å²) in [5, 5.41) is 19.2. The van der Waals surface area contributed by atoms with Gasteiger partial charge in [0.1, 0.15) is 0 Å². The van der Waals surface area contributed by atoms with Crippen LogP contribution in [-0.4, -0.2) is 42.9 Å². The summed E-state index contributed by atoms with van der Waals surface area (Å²) in [6.45, 7) is 4.17. The van der Waals surface area contributed by atoms with Gasteiger partial charge in [0.25, 0.3) is 0 Å². The van der Waals surface area contributed by atoms with Crippen molar-refractivity contribution in [3.05, 3.63) is 0 Å². The number of aliphatic hydroxyl groups is 1. The van der Waals surface area contributed by atoms with E-state index >= 15 is 0 Å². The molecule has 0 aromatic heterocycles. The van der Waals surface area contributed by atoms with Gasteiger partial charge in [0.05, 0.1) is 21.1 Å². The number of quaternary nitrogens is 1. The highest BCUT2D eigenvalue weighted by atomic mass is 16.4. The Labute approximate surface area is 125 Å². The highest BCUT2D eigenvalue weighted by Gasteiger charge is 2.16. The number of rotatable bonds is 10. The molecular weight excluding hydrogens is 254 g/mol. The molecule has 0 aromatic carbocycles. The molecule has 0 aromatic rings. The first-order valence-electron chi connectivity index (χ1n) is 7.94. The van der Waals surface area contributed by atoms with E-state index in [0.29, 0.717) is 4.48 Å². The standard InChI is InChI=1S/C10H20O2.C6H16NO/c1-2-3-4-5-6-7-8-9-10(11)12;1-5-6(8)7(2,3)4/h2-9H2,1H3,(H,11,12);6,8H,5H2,1-4H3/q;+1/p-1. The van der Waals surface area contributed by atoms with Crippen molar-refractivity contribution in [3.63, 3.8) is 0 Å². The van der Waals surface area contributed by atoms with Crippen LogP contribution in [0.5, 0.6) is 0 Å². The Morgan fingerprint density at radius 2 is 1.45 bits per heavy atom. The van der Waals surface area contributed by atoms with Crippen LogP contribution in [0.4, 0.5) is 0 Å². The van der Waals surface area contributed by atoms with Gasteiger partial charge in [0.2, 0.25) is 0 Å². The minimum Gasteiger partial charge on any atom is -0.550 e. The van der Waals surface area contributed by atoms with Gasteiger partial charge in [0, 0.05) is 12.4 Å². The van der Waals surface area contributed by atoms with Gasteiger partial charge in [-0.25, -0.2) is 0 Å². The maximum Gasteiger partial charge on any atom is 0.189 e. The van der Waals surface area contributed by atoms with Crippen LogP contribution in [0.3, 0.4) is 0 Å².